The third-order valence-corrected chi connectivity index (χ3v) is 1.75. The van der Waals surface area contributed by atoms with Gasteiger partial charge in [0, 0.05) is 0 Å². The minimum atomic E-state index is -0.660. The Bertz CT molecular complexity index is 262. The van der Waals surface area contributed by atoms with Gasteiger partial charge in [-0.05, 0) is 24.6 Å². The van der Waals surface area contributed by atoms with Crippen molar-refractivity contribution in [2.45, 2.75) is 19.1 Å². The van der Waals surface area contributed by atoms with Gasteiger partial charge in [0.1, 0.15) is 5.82 Å². The summed E-state index contributed by atoms with van der Waals surface area (Å²) in [5.41, 5.74) is 6.21. The molecule has 0 bridgehead atoms. The predicted molar refractivity (Wildman–Crippen MR) is 45.0 cm³/mol. The molecule has 3 heteroatoms. The molecule has 1 rings (SSSR count). The lowest BCUT2D eigenvalue weighted by Crippen LogP contribution is -2.23. The Morgan fingerprint density at radius 2 is 2.17 bits per heavy atom. The molecule has 0 aliphatic heterocycles. The van der Waals surface area contributed by atoms with Crippen LogP contribution in [-0.2, 0) is 0 Å². The summed E-state index contributed by atoms with van der Waals surface area (Å²) in [5.74, 6) is -0.330. The van der Waals surface area contributed by atoms with Crippen molar-refractivity contribution in [3.63, 3.8) is 0 Å². The van der Waals surface area contributed by atoms with Crippen LogP contribution >= 0.6 is 0 Å². The summed E-state index contributed by atoms with van der Waals surface area (Å²) < 4.78 is 12.7. The Kier molecular flexibility index (Phi) is 2.78. The van der Waals surface area contributed by atoms with Crippen LogP contribution in [0, 0.1) is 5.82 Å². The highest BCUT2D eigenvalue weighted by atomic mass is 19.1. The lowest BCUT2D eigenvalue weighted by Gasteiger charge is -2.14. The van der Waals surface area contributed by atoms with E-state index < -0.39 is 12.1 Å². The van der Waals surface area contributed by atoms with Crippen LogP contribution in [0.4, 0.5) is 4.39 Å². The van der Waals surface area contributed by atoms with E-state index in [-0.39, 0.29) is 5.82 Å². The van der Waals surface area contributed by atoms with Crippen molar-refractivity contribution in [3.8, 4) is 0 Å². The van der Waals surface area contributed by atoms with Crippen molar-refractivity contribution in [2.75, 3.05) is 0 Å². The van der Waals surface area contributed by atoms with E-state index in [4.69, 9.17) is 10.8 Å². The lowest BCUT2D eigenvalue weighted by molar-refractivity contribution is 0.164. The number of rotatable bonds is 2. The number of halogens is 1. The predicted octanol–water partition coefficient (Wildman–Crippen LogP) is 1.21. The molecule has 0 aliphatic carbocycles. The maximum Gasteiger partial charge on any atom is 0.123 e. The van der Waals surface area contributed by atoms with Gasteiger partial charge in [0.25, 0.3) is 0 Å². The van der Waals surface area contributed by atoms with Crippen molar-refractivity contribution >= 4 is 0 Å². The van der Waals surface area contributed by atoms with Crippen LogP contribution in [0.5, 0.6) is 0 Å². The van der Waals surface area contributed by atoms with Crippen molar-refractivity contribution < 1.29 is 9.50 Å². The molecule has 0 heterocycles. The molecule has 1 aromatic carbocycles. The van der Waals surface area contributed by atoms with E-state index in [9.17, 15) is 4.39 Å². The summed E-state index contributed by atoms with van der Waals surface area (Å²) >= 11 is 0. The Balaban J connectivity index is 2.88. The second-order valence-electron chi connectivity index (χ2n) is 2.82. The highest BCUT2D eigenvalue weighted by Gasteiger charge is 2.11. The zero-order chi connectivity index (χ0) is 9.14. The number of aliphatic hydroxyl groups excluding tert-OH is 1. The van der Waals surface area contributed by atoms with Crippen LogP contribution in [0.15, 0.2) is 24.3 Å². The van der Waals surface area contributed by atoms with E-state index in [1.165, 1.54) is 12.1 Å². The molecule has 1 aromatic rings. The SMILES string of the molecule is C[C@H](O)[C@@H](N)c1cccc(F)c1. The fraction of sp³-hybridized carbons (Fsp3) is 0.333. The smallest absolute Gasteiger partial charge is 0.123 e. The molecular formula is C9H12FNO. The van der Waals surface area contributed by atoms with Gasteiger partial charge in [-0.1, -0.05) is 12.1 Å². The van der Waals surface area contributed by atoms with E-state index >= 15 is 0 Å². The number of hydrogen-bond donors (Lipinski definition) is 2. The van der Waals surface area contributed by atoms with Crippen molar-refractivity contribution in [1.82, 2.24) is 0 Å². The minimum Gasteiger partial charge on any atom is -0.391 e. The summed E-state index contributed by atoms with van der Waals surface area (Å²) in [7, 11) is 0. The van der Waals surface area contributed by atoms with E-state index in [0.717, 1.165) is 0 Å². The molecule has 12 heavy (non-hydrogen) atoms. The molecule has 2 nitrogen and oxygen atoms in total. The van der Waals surface area contributed by atoms with Crippen LogP contribution in [0.2, 0.25) is 0 Å². The van der Waals surface area contributed by atoms with Crippen LogP contribution in [-0.4, -0.2) is 11.2 Å². The molecule has 0 saturated heterocycles. The van der Waals surface area contributed by atoms with Gasteiger partial charge >= 0.3 is 0 Å². The Hall–Kier alpha value is -0.930. The summed E-state index contributed by atoms with van der Waals surface area (Å²) in [5, 5.41) is 9.12. The van der Waals surface area contributed by atoms with Gasteiger partial charge in [-0.3, -0.25) is 0 Å². The van der Waals surface area contributed by atoms with Gasteiger partial charge in [0.2, 0.25) is 0 Å². The molecule has 0 aliphatic rings. The zero-order valence-electron chi connectivity index (χ0n) is 6.87. The fourth-order valence-corrected chi connectivity index (χ4v) is 0.992. The molecule has 2 atom stereocenters. The summed E-state index contributed by atoms with van der Waals surface area (Å²) in [6.07, 6.45) is -0.660. The van der Waals surface area contributed by atoms with Gasteiger partial charge in [-0.2, -0.15) is 0 Å². The third-order valence-electron chi connectivity index (χ3n) is 1.75. The number of hydrogen-bond acceptors (Lipinski definition) is 2. The zero-order valence-corrected chi connectivity index (χ0v) is 6.87. The van der Waals surface area contributed by atoms with Crippen molar-refractivity contribution in [1.29, 1.82) is 0 Å². The quantitative estimate of drug-likeness (QED) is 0.699. The van der Waals surface area contributed by atoms with E-state index in [0.29, 0.717) is 5.56 Å². The topological polar surface area (TPSA) is 46.2 Å². The molecule has 0 radical (unpaired) electrons. The third kappa shape index (κ3) is 2.03. The first-order valence-electron chi connectivity index (χ1n) is 3.80. The van der Waals surface area contributed by atoms with Crippen LogP contribution < -0.4 is 5.73 Å². The molecule has 3 N–H and O–H groups in total. The molecular weight excluding hydrogens is 157 g/mol. The number of nitrogens with two attached hydrogens (primary N) is 1. The average molecular weight is 169 g/mol. The molecule has 0 saturated carbocycles. The van der Waals surface area contributed by atoms with Gasteiger partial charge < -0.3 is 10.8 Å². The standard InChI is InChI=1S/C9H12FNO/c1-6(12)9(11)7-3-2-4-8(10)5-7/h2-6,9,12H,11H2,1H3/t6-,9+/m0/s1. The van der Waals surface area contributed by atoms with E-state index in [1.807, 2.05) is 0 Å². The molecule has 0 aromatic heterocycles. The van der Waals surface area contributed by atoms with Crippen LogP contribution in [0.1, 0.15) is 18.5 Å². The first-order chi connectivity index (χ1) is 5.61. The van der Waals surface area contributed by atoms with E-state index in [2.05, 4.69) is 0 Å². The Labute approximate surface area is 70.8 Å². The fourth-order valence-electron chi connectivity index (χ4n) is 0.992. The molecule has 0 spiro atoms. The van der Waals surface area contributed by atoms with Crippen molar-refractivity contribution in [3.05, 3.63) is 35.6 Å². The lowest BCUT2D eigenvalue weighted by atomic mass is 10.0. The van der Waals surface area contributed by atoms with Crippen molar-refractivity contribution in [2.24, 2.45) is 5.73 Å². The first kappa shape index (κ1) is 9.16. The van der Waals surface area contributed by atoms with E-state index in [1.54, 1.807) is 19.1 Å². The largest absolute Gasteiger partial charge is 0.391 e. The summed E-state index contributed by atoms with van der Waals surface area (Å²) in [4.78, 5) is 0. The van der Waals surface area contributed by atoms with Crippen LogP contribution in [0.25, 0.3) is 0 Å². The van der Waals surface area contributed by atoms with Gasteiger partial charge in [-0.25, -0.2) is 4.39 Å². The maximum atomic E-state index is 12.7. The second-order valence-corrected chi connectivity index (χ2v) is 2.82. The monoisotopic (exact) mass is 169 g/mol. The molecule has 0 amide bonds. The molecule has 66 valence electrons. The van der Waals surface area contributed by atoms with Gasteiger partial charge in [0.05, 0.1) is 12.1 Å². The molecule has 0 fully saturated rings. The number of aliphatic hydroxyl groups is 1. The molecule has 0 unspecified atom stereocenters. The highest BCUT2D eigenvalue weighted by Crippen LogP contribution is 2.14. The first-order valence-corrected chi connectivity index (χ1v) is 3.80. The average Bonchev–Trinajstić information content (AvgIpc) is 2.03. The number of benzene rings is 1. The van der Waals surface area contributed by atoms with Gasteiger partial charge in [-0.15, -0.1) is 0 Å². The highest BCUT2D eigenvalue weighted by molar-refractivity contribution is 5.20. The minimum absolute atomic E-state index is 0.330. The van der Waals surface area contributed by atoms with Gasteiger partial charge in [0.15, 0.2) is 0 Å². The van der Waals surface area contributed by atoms with Crippen LogP contribution in [0.3, 0.4) is 0 Å². The summed E-state index contributed by atoms with van der Waals surface area (Å²) in [6.45, 7) is 1.58. The Morgan fingerprint density at radius 1 is 1.50 bits per heavy atom. The second kappa shape index (κ2) is 3.65. The maximum absolute atomic E-state index is 12.7. The summed E-state index contributed by atoms with van der Waals surface area (Å²) in [6, 6.07) is 5.43. The Morgan fingerprint density at radius 3 is 2.67 bits per heavy atom. The normalized spacial score (nSPS) is 15.7.